The molecule has 1 aliphatic heterocycles. The fourth-order valence-corrected chi connectivity index (χ4v) is 5.99. The molecule has 0 radical (unpaired) electrons. The number of aromatic nitrogens is 1. The van der Waals surface area contributed by atoms with Crippen LogP contribution in [0.1, 0.15) is 85.4 Å². The van der Waals surface area contributed by atoms with Crippen molar-refractivity contribution < 1.29 is 19.1 Å². The van der Waals surface area contributed by atoms with Gasteiger partial charge in [-0.2, -0.15) is 0 Å². The van der Waals surface area contributed by atoms with E-state index < -0.39 is 6.04 Å². The third kappa shape index (κ3) is 5.32. The third-order valence-corrected chi connectivity index (χ3v) is 7.88. The van der Waals surface area contributed by atoms with E-state index in [0.29, 0.717) is 30.0 Å². The molecule has 7 nitrogen and oxygen atoms in total. The summed E-state index contributed by atoms with van der Waals surface area (Å²) in [5.41, 5.74) is 0.908. The number of nitrogens with one attached hydrogen (secondary N) is 1. The van der Waals surface area contributed by atoms with Gasteiger partial charge in [-0.05, 0) is 43.7 Å². The molecule has 1 saturated heterocycles. The monoisotopic (exact) mass is 483 g/mol. The van der Waals surface area contributed by atoms with Crippen molar-refractivity contribution in [1.29, 1.82) is 0 Å². The number of methoxy groups -OCH3 is 1. The van der Waals surface area contributed by atoms with E-state index in [4.69, 9.17) is 4.74 Å². The van der Waals surface area contributed by atoms with Crippen LogP contribution in [-0.4, -0.2) is 47.2 Å². The molecule has 1 saturated carbocycles. The van der Waals surface area contributed by atoms with Crippen molar-refractivity contribution in [3.05, 3.63) is 45.9 Å². The van der Waals surface area contributed by atoms with Gasteiger partial charge in [0, 0.05) is 23.9 Å². The molecule has 0 bridgehead atoms. The largest absolute Gasteiger partial charge is 0.497 e. The van der Waals surface area contributed by atoms with Crippen molar-refractivity contribution in [2.24, 2.45) is 5.92 Å². The first kappa shape index (κ1) is 24.4. The summed E-state index contributed by atoms with van der Waals surface area (Å²) in [5, 5.41) is 5.58. The van der Waals surface area contributed by atoms with Crippen molar-refractivity contribution >= 4 is 28.9 Å². The van der Waals surface area contributed by atoms with Gasteiger partial charge in [-0.1, -0.05) is 38.3 Å². The smallest absolute Gasteiger partial charge is 0.246 e. The van der Waals surface area contributed by atoms with Gasteiger partial charge >= 0.3 is 0 Å². The van der Waals surface area contributed by atoms with Gasteiger partial charge in [-0.15, -0.1) is 11.3 Å². The fraction of sp³-hybridized carbons (Fsp3) is 0.538. The highest BCUT2D eigenvalue weighted by Crippen LogP contribution is 2.36. The molecule has 0 unspecified atom stereocenters. The van der Waals surface area contributed by atoms with Crippen molar-refractivity contribution in [2.45, 2.75) is 70.4 Å². The summed E-state index contributed by atoms with van der Waals surface area (Å²) in [5.74, 6) is 0.552. The molecule has 2 fully saturated rings. The Hall–Kier alpha value is -2.74. The lowest BCUT2D eigenvalue weighted by Crippen LogP contribution is -2.52. The molecule has 4 rings (SSSR count). The van der Waals surface area contributed by atoms with Crippen LogP contribution in [0.3, 0.4) is 0 Å². The molecule has 1 aliphatic carbocycles. The van der Waals surface area contributed by atoms with E-state index in [0.717, 1.165) is 43.5 Å². The van der Waals surface area contributed by atoms with Crippen LogP contribution in [0.25, 0.3) is 0 Å². The number of likely N-dealkylation sites (tertiary alicyclic amines) is 1. The zero-order valence-electron chi connectivity index (χ0n) is 19.9. The average molecular weight is 484 g/mol. The number of ether oxygens (including phenoxy) is 1. The number of amides is 2. The first-order valence-electron chi connectivity index (χ1n) is 12.3. The second-order valence-corrected chi connectivity index (χ2v) is 10.0. The Morgan fingerprint density at radius 1 is 1.18 bits per heavy atom. The van der Waals surface area contributed by atoms with Gasteiger partial charge in [-0.3, -0.25) is 14.4 Å². The van der Waals surface area contributed by atoms with E-state index in [2.05, 4.69) is 10.3 Å². The maximum atomic E-state index is 13.7. The Morgan fingerprint density at radius 2 is 1.97 bits per heavy atom. The minimum absolute atomic E-state index is 0.00734. The van der Waals surface area contributed by atoms with E-state index in [1.807, 2.05) is 11.8 Å². The summed E-state index contributed by atoms with van der Waals surface area (Å²) in [6.07, 6.45) is 7.38. The predicted molar refractivity (Wildman–Crippen MR) is 131 cm³/mol. The van der Waals surface area contributed by atoms with E-state index in [1.54, 1.807) is 36.8 Å². The highest BCUT2D eigenvalue weighted by Gasteiger charge is 2.39. The molecule has 2 amide bonds. The zero-order chi connectivity index (χ0) is 24.1. The molecule has 1 aromatic heterocycles. The minimum Gasteiger partial charge on any atom is -0.497 e. The number of nitrogens with zero attached hydrogens (tertiary/aromatic N) is 2. The van der Waals surface area contributed by atoms with Crippen LogP contribution in [-0.2, 0) is 9.59 Å². The number of rotatable bonds is 8. The van der Waals surface area contributed by atoms with Gasteiger partial charge in [0.1, 0.15) is 22.5 Å². The molecule has 2 atom stereocenters. The Bertz CT molecular complexity index is 1030. The van der Waals surface area contributed by atoms with Crippen LogP contribution in [0.15, 0.2) is 29.6 Å². The predicted octanol–water partition coefficient (Wildman–Crippen LogP) is 4.52. The van der Waals surface area contributed by atoms with Gasteiger partial charge in [0.2, 0.25) is 17.6 Å². The Labute approximate surface area is 204 Å². The second kappa shape index (κ2) is 11.1. The van der Waals surface area contributed by atoms with Crippen LogP contribution in [0.2, 0.25) is 0 Å². The number of hydrogen-bond acceptors (Lipinski definition) is 6. The molecule has 182 valence electrons. The highest BCUT2D eigenvalue weighted by molar-refractivity contribution is 7.10. The molecule has 1 N–H and O–H groups in total. The fourth-order valence-electron chi connectivity index (χ4n) is 5.05. The van der Waals surface area contributed by atoms with Crippen molar-refractivity contribution in [2.75, 3.05) is 13.7 Å². The lowest BCUT2D eigenvalue weighted by atomic mass is 9.83. The van der Waals surface area contributed by atoms with Crippen LogP contribution >= 0.6 is 11.3 Å². The average Bonchev–Trinajstić information content (AvgIpc) is 3.56. The van der Waals surface area contributed by atoms with E-state index >= 15 is 0 Å². The summed E-state index contributed by atoms with van der Waals surface area (Å²) < 4.78 is 5.23. The Morgan fingerprint density at radius 3 is 2.71 bits per heavy atom. The normalized spacial score (nSPS) is 19.6. The lowest BCUT2D eigenvalue weighted by molar-refractivity contribution is -0.139. The van der Waals surface area contributed by atoms with Crippen molar-refractivity contribution in [1.82, 2.24) is 15.2 Å². The minimum atomic E-state index is -0.480. The van der Waals surface area contributed by atoms with Crippen LogP contribution in [0.4, 0.5) is 0 Å². The van der Waals surface area contributed by atoms with E-state index in [1.165, 1.54) is 17.8 Å². The number of carbonyl (C=O) groups excluding carboxylic acids is 3. The highest BCUT2D eigenvalue weighted by atomic mass is 32.1. The molecule has 2 aliphatic rings. The van der Waals surface area contributed by atoms with Crippen molar-refractivity contribution in [3.8, 4) is 5.75 Å². The van der Waals surface area contributed by atoms with Crippen LogP contribution in [0.5, 0.6) is 5.75 Å². The number of thiazole rings is 1. The zero-order valence-corrected chi connectivity index (χ0v) is 20.7. The number of carbonyl (C=O) groups is 3. The number of ketones is 1. The van der Waals surface area contributed by atoms with Crippen LogP contribution in [0, 0.1) is 5.92 Å². The first-order chi connectivity index (χ1) is 16.5. The summed E-state index contributed by atoms with van der Waals surface area (Å²) in [7, 11) is 1.57. The third-order valence-electron chi connectivity index (χ3n) is 6.93. The van der Waals surface area contributed by atoms with Gasteiger partial charge in [-0.25, -0.2) is 4.98 Å². The SMILES string of the molecule is CCC(=O)N[C@H](C(=O)N1CCC[C@H]1c1nc(C(=O)c2cccc(OC)c2)cs1)C1CCCCC1. The molecular weight excluding hydrogens is 450 g/mol. The standard InChI is InChI=1S/C26H33N3O4S/c1-3-22(30)28-23(17-9-5-4-6-10-17)26(32)29-14-8-13-21(29)25-27-20(16-34-25)24(31)18-11-7-12-19(15-18)33-2/h7,11-12,15-17,21,23H,3-6,8-10,13-14H2,1-2H3,(H,28,30)/t21-,23-/m0/s1. The van der Waals surface area contributed by atoms with E-state index in [-0.39, 0.29) is 29.6 Å². The van der Waals surface area contributed by atoms with Crippen LogP contribution < -0.4 is 10.1 Å². The Balaban J connectivity index is 1.53. The van der Waals surface area contributed by atoms with Gasteiger partial charge < -0.3 is 15.0 Å². The summed E-state index contributed by atoms with van der Waals surface area (Å²) in [4.78, 5) is 45.5. The van der Waals surface area contributed by atoms with E-state index in [9.17, 15) is 14.4 Å². The first-order valence-corrected chi connectivity index (χ1v) is 13.1. The summed E-state index contributed by atoms with van der Waals surface area (Å²) >= 11 is 1.42. The maximum Gasteiger partial charge on any atom is 0.246 e. The summed E-state index contributed by atoms with van der Waals surface area (Å²) in [6.45, 7) is 2.46. The molecule has 1 aromatic carbocycles. The topological polar surface area (TPSA) is 88.6 Å². The molecule has 2 heterocycles. The quantitative estimate of drug-likeness (QED) is 0.558. The molecule has 8 heteroatoms. The number of hydrogen-bond donors (Lipinski definition) is 1. The molecule has 2 aromatic rings. The maximum absolute atomic E-state index is 13.7. The summed E-state index contributed by atoms with van der Waals surface area (Å²) in [6, 6.07) is 6.40. The second-order valence-electron chi connectivity index (χ2n) is 9.12. The van der Waals surface area contributed by atoms with Gasteiger partial charge in [0.25, 0.3) is 0 Å². The van der Waals surface area contributed by atoms with Gasteiger partial charge in [0.05, 0.1) is 13.2 Å². The molecular formula is C26H33N3O4S. The number of benzene rings is 1. The lowest BCUT2D eigenvalue weighted by Gasteiger charge is -2.34. The Kier molecular flexibility index (Phi) is 7.98. The molecule has 34 heavy (non-hydrogen) atoms. The molecule has 0 spiro atoms. The van der Waals surface area contributed by atoms with Crippen molar-refractivity contribution in [3.63, 3.8) is 0 Å². The van der Waals surface area contributed by atoms with Gasteiger partial charge in [0.15, 0.2) is 0 Å².